The van der Waals surface area contributed by atoms with Crippen molar-refractivity contribution in [1.29, 1.82) is 0 Å². The molecule has 18 heavy (non-hydrogen) atoms. The molecule has 2 unspecified atom stereocenters. The van der Waals surface area contributed by atoms with Crippen LogP contribution >= 0.6 is 0 Å². The minimum absolute atomic E-state index is 0.0987. The number of hydrogen-bond donors (Lipinski definition) is 1. The second-order valence-electron chi connectivity index (χ2n) is 7.36. The van der Waals surface area contributed by atoms with E-state index in [1.807, 2.05) is 0 Å². The van der Waals surface area contributed by atoms with E-state index in [1.54, 1.807) is 0 Å². The molecule has 0 aromatic rings. The van der Waals surface area contributed by atoms with Crippen LogP contribution in [0, 0.1) is 5.41 Å². The van der Waals surface area contributed by atoms with E-state index < -0.39 is 0 Å². The summed E-state index contributed by atoms with van der Waals surface area (Å²) in [6, 6.07) is 0. The van der Waals surface area contributed by atoms with Crippen LogP contribution in [0.1, 0.15) is 40.5 Å². The molecule has 3 saturated heterocycles. The highest BCUT2D eigenvalue weighted by Crippen LogP contribution is 2.49. The molecular formula is C14H25NO3. The second kappa shape index (κ2) is 3.69. The van der Waals surface area contributed by atoms with Crippen molar-refractivity contribution in [3.63, 3.8) is 0 Å². The van der Waals surface area contributed by atoms with Gasteiger partial charge in [-0.15, -0.1) is 0 Å². The summed E-state index contributed by atoms with van der Waals surface area (Å²) >= 11 is 0. The standard InChI is InChI=1S/C14H25NO3/c1-11(2)8-15-14(7-12(3,4)17-10-14)18-13(11)5-6-16-9-13/h15H,5-10H2,1-4H3. The lowest BCUT2D eigenvalue weighted by Gasteiger charge is -2.54. The Morgan fingerprint density at radius 3 is 2.39 bits per heavy atom. The zero-order valence-corrected chi connectivity index (χ0v) is 12.0. The van der Waals surface area contributed by atoms with Gasteiger partial charge in [-0.1, -0.05) is 13.8 Å². The average Bonchev–Trinajstić information content (AvgIpc) is 2.82. The molecule has 2 atom stereocenters. The lowest BCUT2D eigenvalue weighted by molar-refractivity contribution is -0.247. The van der Waals surface area contributed by atoms with Crippen molar-refractivity contribution in [3.8, 4) is 0 Å². The molecule has 0 aromatic heterocycles. The zero-order chi connectivity index (χ0) is 13.1. The maximum atomic E-state index is 6.57. The summed E-state index contributed by atoms with van der Waals surface area (Å²) in [6.07, 6.45) is 1.89. The molecule has 3 aliphatic rings. The Hall–Kier alpha value is -0.160. The van der Waals surface area contributed by atoms with Gasteiger partial charge in [-0.2, -0.15) is 0 Å². The maximum absolute atomic E-state index is 6.57. The Kier molecular flexibility index (Phi) is 2.63. The summed E-state index contributed by atoms with van der Waals surface area (Å²) in [5.41, 5.74) is -0.467. The van der Waals surface area contributed by atoms with Gasteiger partial charge in [0.15, 0.2) is 0 Å². The van der Waals surface area contributed by atoms with Crippen LogP contribution in [-0.4, -0.2) is 43.3 Å². The fourth-order valence-corrected chi connectivity index (χ4v) is 3.53. The molecule has 3 heterocycles. The van der Waals surface area contributed by atoms with Crippen molar-refractivity contribution in [2.24, 2.45) is 5.41 Å². The van der Waals surface area contributed by atoms with E-state index in [9.17, 15) is 0 Å². The van der Waals surface area contributed by atoms with Gasteiger partial charge >= 0.3 is 0 Å². The summed E-state index contributed by atoms with van der Waals surface area (Å²) in [5.74, 6) is 0. The van der Waals surface area contributed by atoms with E-state index in [-0.39, 0.29) is 22.3 Å². The largest absolute Gasteiger partial charge is 0.378 e. The van der Waals surface area contributed by atoms with Crippen LogP contribution in [0.4, 0.5) is 0 Å². The molecule has 0 aromatic carbocycles. The predicted octanol–water partition coefficient (Wildman–Crippen LogP) is 1.69. The van der Waals surface area contributed by atoms with Gasteiger partial charge in [0, 0.05) is 31.4 Å². The molecule has 0 bridgehead atoms. The van der Waals surface area contributed by atoms with Gasteiger partial charge in [-0.3, -0.25) is 5.32 Å². The summed E-state index contributed by atoms with van der Waals surface area (Å²) in [7, 11) is 0. The first kappa shape index (κ1) is 12.9. The van der Waals surface area contributed by atoms with E-state index in [0.717, 1.165) is 26.0 Å². The molecule has 0 aliphatic carbocycles. The number of rotatable bonds is 0. The molecule has 0 saturated carbocycles. The first-order valence-electron chi connectivity index (χ1n) is 6.95. The van der Waals surface area contributed by atoms with Crippen molar-refractivity contribution in [1.82, 2.24) is 5.32 Å². The topological polar surface area (TPSA) is 39.7 Å². The average molecular weight is 255 g/mol. The smallest absolute Gasteiger partial charge is 0.146 e. The minimum atomic E-state index is -0.313. The molecule has 104 valence electrons. The number of nitrogens with one attached hydrogen (secondary N) is 1. The van der Waals surface area contributed by atoms with Crippen LogP contribution in [0.3, 0.4) is 0 Å². The van der Waals surface area contributed by atoms with Gasteiger partial charge in [-0.25, -0.2) is 0 Å². The lowest BCUT2D eigenvalue weighted by Crippen LogP contribution is -2.68. The Bertz CT molecular complexity index is 347. The highest BCUT2D eigenvalue weighted by molar-refractivity contribution is 5.08. The molecule has 3 rings (SSSR count). The minimum Gasteiger partial charge on any atom is -0.378 e. The third kappa shape index (κ3) is 1.82. The fourth-order valence-electron chi connectivity index (χ4n) is 3.53. The van der Waals surface area contributed by atoms with Crippen molar-refractivity contribution >= 4 is 0 Å². The third-order valence-electron chi connectivity index (χ3n) is 4.87. The van der Waals surface area contributed by atoms with Gasteiger partial charge in [0.05, 0.1) is 18.8 Å². The Labute approximate surface area is 109 Å². The lowest BCUT2D eigenvalue weighted by atomic mass is 9.72. The van der Waals surface area contributed by atoms with Gasteiger partial charge in [0.2, 0.25) is 0 Å². The second-order valence-corrected chi connectivity index (χ2v) is 7.36. The highest BCUT2D eigenvalue weighted by Gasteiger charge is 2.60. The maximum Gasteiger partial charge on any atom is 0.146 e. The van der Waals surface area contributed by atoms with E-state index in [2.05, 4.69) is 33.0 Å². The summed E-state index contributed by atoms with van der Waals surface area (Å²) in [5, 5.41) is 3.59. The normalized spacial score (nSPS) is 46.0. The van der Waals surface area contributed by atoms with Crippen LogP contribution in [0.25, 0.3) is 0 Å². The van der Waals surface area contributed by atoms with Crippen molar-refractivity contribution in [2.75, 3.05) is 26.4 Å². The van der Waals surface area contributed by atoms with E-state index in [1.165, 1.54) is 0 Å². The first-order valence-corrected chi connectivity index (χ1v) is 6.95. The summed E-state index contributed by atoms with van der Waals surface area (Å²) < 4.78 is 18.1. The van der Waals surface area contributed by atoms with Crippen molar-refractivity contribution in [2.45, 2.75) is 57.5 Å². The quantitative estimate of drug-likeness (QED) is 0.715. The van der Waals surface area contributed by atoms with Gasteiger partial charge in [0.25, 0.3) is 0 Å². The monoisotopic (exact) mass is 255 g/mol. The zero-order valence-electron chi connectivity index (χ0n) is 12.0. The van der Waals surface area contributed by atoms with Gasteiger partial charge in [0.1, 0.15) is 11.3 Å². The van der Waals surface area contributed by atoms with Crippen LogP contribution < -0.4 is 5.32 Å². The van der Waals surface area contributed by atoms with E-state index in [0.29, 0.717) is 13.2 Å². The van der Waals surface area contributed by atoms with Crippen LogP contribution in [-0.2, 0) is 14.2 Å². The molecule has 2 spiro atoms. The van der Waals surface area contributed by atoms with Gasteiger partial charge < -0.3 is 14.2 Å². The molecule has 1 N–H and O–H groups in total. The summed E-state index contributed by atoms with van der Waals surface area (Å²) in [6.45, 7) is 11.9. The molecule has 0 amide bonds. The van der Waals surface area contributed by atoms with Gasteiger partial charge in [-0.05, 0) is 13.8 Å². The first-order chi connectivity index (χ1) is 8.29. The molecule has 3 fully saturated rings. The number of ether oxygens (including phenoxy) is 3. The van der Waals surface area contributed by atoms with Crippen LogP contribution in [0.15, 0.2) is 0 Å². The molecule has 0 radical (unpaired) electrons. The SMILES string of the molecule is CC1(C)CC2(CO1)NCC(C)(C)C1(CCOC1)O2. The van der Waals surface area contributed by atoms with Crippen molar-refractivity contribution < 1.29 is 14.2 Å². The Morgan fingerprint density at radius 1 is 1.06 bits per heavy atom. The Balaban J connectivity index is 1.86. The highest BCUT2D eigenvalue weighted by atomic mass is 16.6. The summed E-state index contributed by atoms with van der Waals surface area (Å²) in [4.78, 5) is 0. The fraction of sp³-hybridized carbons (Fsp3) is 1.00. The Morgan fingerprint density at radius 2 is 1.83 bits per heavy atom. The van der Waals surface area contributed by atoms with Crippen LogP contribution in [0.2, 0.25) is 0 Å². The van der Waals surface area contributed by atoms with Crippen molar-refractivity contribution in [3.05, 3.63) is 0 Å². The third-order valence-corrected chi connectivity index (χ3v) is 4.87. The molecule has 3 aliphatic heterocycles. The van der Waals surface area contributed by atoms with Crippen LogP contribution in [0.5, 0.6) is 0 Å². The molecular weight excluding hydrogens is 230 g/mol. The molecule has 4 nitrogen and oxygen atoms in total. The number of hydrogen-bond acceptors (Lipinski definition) is 4. The van der Waals surface area contributed by atoms with E-state index >= 15 is 0 Å². The molecule has 4 heteroatoms. The predicted molar refractivity (Wildman–Crippen MR) is 68.4 cm³/mol. The van der Waals surface area contributed by atoms with E-state index in [4.69, 9.17) is 14.2 Å².